The summed E-state index contributed by atoms with van der Waals surface area (Å²) in [5.41, 5.74) is 1.91. The molecule has 1 atom stereocenters. The molecule has 1 aliphatic carbocycles. The van der Waals surface area contributed by atoms with Gasteiger partial charge >= 0.3 is 0 Å². The Labute approximate surface area is 180 Å². The maximum atomic E-state index is 12.9. The van der Waals surface area contributed by atoms with Crippen LogP contribution < -0.4 is 15.5 Å². The zero-order valence-electron chi connectivity index (χ0n) is 17.0. The van der Waals surface area contributed by atoms with Gasteiger partial charge in [-0.15, -0.1) is 0 Å². The SMILES string of the molecule is O=C(NC1CC1)c1cccc(NC(=O)C2CC(=O)N(c3cccc4ccccc34)C2)c1. The first-order chi connectivity index (χ1) is 15.1. The number of nitrogens with zero attached hydrogens (tertiary/aromatic N) is 1. The van der Waals surface area contributed by atoms with Crippen LogP contribution in [0.4, 0.5) is 11.4 Å². The van der Waals surface area contributed by atoms with E-state index < -0.39 is 5.92 Å². The zero-order chi connectivity index (χ0) is 21.4. The highest BCUT2D eigenvalue weighted by Crippen LogP contribution is 2.32. The van der Waals surface area contributed by atoms with E-state index in [0.717, 1.165) is 29.3 Å². The molecule has 3 amide bonds. The van der Waals surface area contributed by atoms with E-state index in [1.165, 1.54) is 0 Å². The molecule has 6 heteroatoms. The van der Waals surface area contributed by atoms with Gasteiger partial charge in [0.05, 0.1) is 11.6 Å². The predicted octanol–water partition coefficient (Wildman–Crippen LogP) is 3.72. The number of hydrogen-bond donors (Lipinski definition) is 2. The number of fused-ring (bicyclic) bond motifs is 1. The van der Waals surface area contributed by atoms with Gasteiger partial charge in [-0.25, -0.2) is 0 Å². The molecule has 1 unspecified atom stereocenters. The molecule has 0 spiro atoms. The van der Waals surface area contributed by atoms with Gasteiger partial charge in [-0.05, 0) is 42.5 Å². The Balaban J connectivity index is 1.30. The monoisotopic (exact) mass is 413 g/mol. The van der Waals surface area contributed by atoms with E-state index in [2.05, 4.69) is 10.6 Å². The van der Waals surface area contributed by atoms with Crippen LogP contribution in [0.25, 0.3) is 10.8 Å². The Bertz CT molecular complexity index is 1180. The van der Waals surface area contributed by atoms with Gasteiger partial charge < -0.3 is 15.5 Å². The third-order valence-corrected chi connectivity index (χ3v) is 5.86. The van der Waals surface area contributed by atoms with Crippen molar-refractivity contribution in [2.75, 3.05) is 16.8 Å². The molecular formula is C25H23N3O3. The number of anilines is 2. The quantitative estimate of drug-likeness (QED) is 0.669. The number of nitrogens with one attached hydrogen (secondary N) is 2. The molecule has 5 rings (SSSR count). The van der Waals surface area contributed by atoms with Crippen molar-refractivity contribution in [1.82, 2.24) is 5.32 Å². The van der Waals surface area contributed by atoms with Crippen LogP contribution in [0.1, 0.15) is 29.6 Å². The van der Waals surface area contributed by atoms with Crippen LogP contribution in [0.15, 0.2) is 66.7 Å². The summed E-state index contributed by atoms with van der Waals surface area (Å²) in [5.74, 6) is -0.850. The minimum Gasteiger partial charge on any atom is -0.349 e. The smallest absolute Gasteiger partial charge is 0.251 e. The minimum atomic E-state index is -0.449. The third-order valence-electron chi connectivity index (χ3n) is 5.86. The molecule has 1 heterocycles. The summed E-state index contributed by atoms with van der Waals surface area (Å²) >= 11 is 0. The number of carbonyl (C=O) groups is 3. The van der Waals surface area contributed by atoms with Crippen molar-refractivity contribution in [2.45, 2.75) is 25.3 Å². The van der Waals surface area contributed by atoms with Crippen LogP contribution >= 0.6 is 0 Å². The first-order valence-electron chi connectivity index (χ1n) is 10.6. The van der Waals surface area contributed by atoms with E-state index >= 15 is 0 Å². The Morgan fingerprint density at radius 3 is 2.55 bits per heavy atom. The predicted molar refractivity (Wildman–Crippen MR) is 120 cm³/mol. The van der Waals surface area contributed by atoms with E-state index in [1.54, 1.807) is 29.2 Å². The highest BCUT2D eigenvalue weighted by molar-refractivity contribution is 6.08. The molecule has 0 aromatic heterocycles. The summed E-state index contributed by atoms with van der Waals surface area (Å²) in [5, 5.41) is 7.88. The van der Waals surface area contributed by atoms with Crippen molar-refractivity contribution in [3.05, 3.63) is 72.3 Å². The standard InChI is InChI=1S/C25H23N3O3/c29-23-14-18(15-28(23)22-10-4-6-16-5-1-2-9-21(16)22)25(31)27-20-8-3-7-17(13-20)24(30)26-19-11-12-19/h1-10,13,18-19H,11-12,14-15H2,(H,26,30)(H,27,31). The maximum Gasteiger partial charge on any atom is 0.251 e. The Morgan fingerprint density at radius 1 is 0.935 bits per heavy atom. The summed E-state index contributed by atoms with van der Waals surface area (Å²) in [6.45, 7) is 0.334. The molecule has 31 heavy (non-hydrogen) atoms. The average molecular weight is 413 g/mol. The molecular weight excluding hydrogens is 390 g/mol. The van der Waals surface area contributed by atoms with Gasteiger partial charge in [-0.1, -0.05) is 42.5 Å². The molecule has 3 aromatic rings. The van der Waals surface area contributed by atoms with Crippen LogP contribution in [-0.4, -0.2) is 30.3 Å². The highest BCUT2D eigenvalue weighted by atomic mass is 16.2. The van der Waals surface area contributed by atoms with E-state index in [4.69, 9.17) is 0 Å². The maximum absolute atomic E-state index is 12.9. The minimum absolute atomic E-state index is 0.0611. The zero-order valence-corrected chi connectivity index (χ0v) is 17.0. The van der Waals surface area contributed by atoms with Crippen LogP contribution in [0, 0.1) is 5.92 Å². The first kappa shape index (κ1) is 19.3. The lowest BCUT2D eigenvalue weighted by molar-refractivity contribution is -0.122. The van der Waals surface area contributed by atoms with Crippen LogP contribution in [0.5, 0.6) is 0 Å². The number of hydrogen-bond acceptors (Lipinski definition) is 3. The van der Waals surface area contributed by atoms with Crippen molar-refractivity contribution >= 4 is 39.9 Å². The lowest BCUT2D eigenvalue weighted by Crippen LogP contribution is -2.28. The van der Waals surface area contributed by atoms with Crippen molar-refractivity contribution < 1.29 is 14.4 Å². The molecule has 0 bridgehead atoms. The molecule has 1 saturated heterocycles. The highest BCUT2D eigenvalue weighted by Gasteiger charge is 2.35. The Kier molecular flexibility index (Phi) is 4.90. The van der Waals surface area contributed by atoms with Crippen LogP contribution in [0.2, 0.25) is 0 Å². The molecule has 2 fully saturated rings. The van der Waals surface area contributed by atoms with Gasteiger partial charge in [-0.2, -0.15) is 0 Å². The molecule has 3 aromatic carbocycles. The van der Waals surface area contributed by atoms with E-state index in [1.807, 2.05) is 42.5 Å². The van der Waals surface area contributed by atoms with Crippen molar-refractivity contribution in [2.24, 2.45) is 5.92 Å². The normalized spacial score (nSPS) is 18.3. The van der Waals surface area contributed by atoms with Gasteiger partial charge in [0.1, 0.15) is 0 Å². The third kappa shape index (κ3) is 4.01. The summed E-state index contributed by atoms with van der Waals surface area (Å²) in [6.07, 6.45) is 2.20. The summed E-state index contributed by atoms with van der Waals surface area (Å²) in [7, 11) is 0. The second-order valence-corrected chi connectivity index (χ2v) is 8.22. The number of rotatable bonds is 5. The van der Waals surface area contributed by atoms with Gasteiger partial charge in [-0.3, -0.25) is 14.4 Å². The molecule has 1 saturated carbocycles. The van der Waals surface area contributed by atoms with Crippen LogP contribution in [-0.2, 0) is 9.59 Å². The van der Waals surface area contributed by atoms with Gasteiger partial charge in [0, 0.05) is 35.6 Å². The Morgan fingerprint density at radius 2 is 1.71 bits per heavy atom. The van der Waals surface area contributed by atoms with Crippen LogP contribution in [0.3, 0.4) is 0 Å². The topological polar surface area (TPSA) is 78.5 Å². The lowest BCUT2D eigenvalue weighted by Gasteiger charge is -2.19. The van der Waals surface area contributed by atoms with E-state index in [9.17, 15) is 14.4 Å². The summed E-state index contributed by atoms with van der Waals surface area (Å²) in [4.78, 5) is 39.6. The molecule has 2 aliphatic rings. The van der Waals surface area contributed by atoms with Gasteiger partial charge in [0.15, 0.2) is 0 Å². The van der Waals surface area contributed by atoms with Crippen molar-refractivity contribution in [1.29, 1.82) is 0 Å². The average Bonchev–Trinajstić information content (AvgIpc) is 3.52. The van der Waals surface area contributed by atoms with Crippen molar-refractivity contribution in [3.63, 3.8) is 0 Å². The summed E-state index contributed by atoms with van der Waals surface area (Å²) < 4.78 is 0. The van der Waals surface area contributed by atoms with Crippen molar-refractivity contribution in [3.8, 4) is 0 Å². The Hall–Kier alpha value is -3.67. The number of amides is 3. The fraction of sp³-hybridized carbons (Fsp3) is 0.240. The molecule has 6 nitrogen and oxygen atoms in total. The fourth-order valence-electron chi connectivity index (χ4n) is 4.04. The van der Waals surface area contributed by atoms with Gasteiger partial charge in [0.2, 0.25) is 11.8 Å². The lowest BCUT2D eigenvalue weighted by atomic mass is 10.1. The fourth-order valence-corrected chi connectivity index (χ4v) is 4.04. The second-order valence-electron chi connectivity index (χ2n) is 8.22. The summed E-state index contributed by atoms with van der Waals surface area (Å²) in [6, 6.07) is 21.0. The van der Waals surface area contributed by atoms with E-state index in [-0.39, 0.29) is 30.2 Å². The molecule has 0 radical (unpaired) electrons. The molecule has 2 N–H and O–H groups in total. The first-order valence-corrected chi connectivity index (χ1v) is 10.6. The molecule has 156 valence electrons. The molecule has 1 aliphatic heterocycles. The largest absolute Gasteiger partial charge is 0.349 e. The van der Waals surface area contributed by atoms with E-state index in [0.29, 0.717) is 17.8 Å². The second kappa shape index (κ2) is 7.87. The number of benzene rings is 3. The van der Waals surface area contributed by atoms with Gasteiger partial charge in [0.25, 0.3) is 5.91 Å². The number of carbonyl (C=O) groups excluding carboxylic acids is 3.